The molecular weight excluding hydrogens is 312 g/mol. The fourth-order valence-corrected chi connectivity index (χ4v) is 3.88. The Morgan fingerprint density at radius 3 is 2.80 bits per heavy atom. The van der Waals surface area contributed by atoms with Crippen LogP contribution in [0.5, 0.6) is 0 Å². The second-order valence-corrected chi connectivity index (χ2v) is 6.87. The van der Waals surface area contributed by atoms with Gasteiger partial charge in [0.1, 0.15) is 5.82 Å². The molecule has 0 radical (unpaired) electrons. The summed E-state index contributed by atoms with van der Waals surface area (Å²) in [5.41, 5.74) is 1.04. The lowest BCUT2D eigenvalue weighted by molar-refractivity contribution is -0.127. The average Bonchev–Trinajstić information content (AvgIpc) is 3.21. The van der Waals surface area contributed by atoms with Gasteiger partial charge < -0.3 is 9.47 Å². The highest BCUT2D eigenvalue weighted by atomic mass is 16.2. The summed E-state index contributed by atoms with van der Waals surface area (Å²) in [6.07, 6.45) is 10.2. The third kappa shape index (κ3) is 3.36. The summed E-state index contributed by atoms with van der Waals surface area (Å²) in [6.45, 7) is 1.78. The van der Waals surface area contributed by atoms with E-state index in [1.54, 1.807) is 6.08 Å². The van der Waals surface area contributed by atoms with E-state index in [0.29, 0.717) is 0 Å². The highest BCUT2D eigenvalue weighted by Crippen LogP contribution is 2.32. The Balaban J connectivity index is 1.54. The van der Waals surface area contributed by atoms with Crippen LogP contribution in [0.4, 0.5) is 0 Å². The van der Waals surface area contributed by atoms with E-state index >= 15 is 0 Å². The zero-order valence-corrected chi connectivity index (χ0v) is 14.5. The number of aryl methyl sites for hydroxylation is 1. The summed E-state index contributed by atoms with van der Waals surface area (Å²) in [4.78, 5) is 14.7. The minimum absolute atomic E-state index is 0.0623. The topological polar surface area (TPSA) is 51.0 Å². The molecule has 4 rings (SSSR count). The Bertz CT molecular complexity index is 765. The largest absolute Gasteiger partial charge is 0.329 e. The molecular formula is C20H24N4O. The first-order chi connectivity index (χ1) is 12.3. The van der Waals surface area contributed by atoms with Crippen molar-refractivity contribution in [3.63, 3.8) is 0 Å². The molecule has 3 heterocycles. The molecule has 1 atom stereocenters. The predicted molar refractivity (Wildman–Crippen MR) is 96.7 cm³/mol. The molecule has 0 bridgehead atoms. The maximum Gasteiger partial charge on any atom is 0.247 e. The van der Waals surface area contributed by atoms with E-state index in [1.165, 1.54) is 19.3 Å². The predicted octanol–water partition coefficient (Wildman–Crippen LogP) is 3.38. The molecule has 0 N–H and O–H groups in total. The van der Waals surface area contributed by atoms with Crippen molar-refractivity contribution in [2.45, 2.75) is 51.1 Å². The number of rotatable bonds is 3. The number of carbonyl (C=O) groups excluding carboxylic acids is 1. The van der Waals surface area contributed by atoms with Gasteiger partial charge in [-0.1, -0.05) is 36.8 Å². The molecule has 130 valence electrons. The van der Waals surface area contributed by atoms with E-state index < -0.39 is 0 Å². The Morgan fingerprint density at radius 2 is 1.92 bits per heavy atom. The lowest BCUT2D eigenvalue weighted by Crippen LogP contribution is -2.30. The number of amides is 1. The molecule has 5 nitrogen and oxygen atoms in total. The van der Waals surface area contributed by atoms with Crippen LogP contribution in [0, 0.1) is 0 Å². The van der Waals surface area contributed by atoms with Crippen LogP contribution >= 0.6 is 0 Å². The highest BCUT2D eigenvalue weighted by molar-refractivity contribution is 5.92. The first-order valence-electron chi connectivity index (χ1n) is 9.28. The van der Waals surface area contributed by atoms with Crippen LogP contribution in [-0.4, -0.2) is 32.1 Å². The van der Waals surface area contributed by atoms with E-state index in [-0.39, 0.29) is 11.9 Å². The van der Waals surface area contributed by atoms with Crippen molar-refractivity contribution in [1.82, 2.24) is 19.7 Å². The molecule has 25 heavy (non-hydrogen) atoms. The molecule has 0 saturated carbocycles. The lowest BCUT2D eigenvalue weighted by atomic mass is 10.2. The van der Waals surface area contributed by atoms with Crippen molar-refractivity contribution >= 4 is 12.0 Å². The third-order valence-corrected chi connectivity index (χ3v) is 5.19. The van der Waals surface area contributed by atoms with Gasteiger partial charge in [-0.2, -0.15) is 0 Å². The number of hydrogen-bond donors (Lipinski definition) is 0. The SMILES string of the molecule is O=C(C=Cc1ccccc1)N1CCCC1c1nnc2n1CCCCC2. The maximum atomic E-state index is 12.7. The van der Waals surface area contributed by atoms with Gasteiger partial charge in [-0.3, -0.25) is 4.79 Å². The summed E-state index contributed by atoms with van der Waals surface area (Å²) in [7, 11) is 0. The van der Waals surface area contributed by atoms with E-state index in [2.05, 4.69) is 14.8 Å². The van der Waals surface area contributed by atoms with Gasteiger partial charge in [0.2, 0.25) is 5.91 Å². The van der Waals surface area contributed by atoms with Crippen LogP contribution in [0.25, 0.3) is 6.08 Å². The van der Waals surface area contributed by atoms with Crippen LogP contribution in [-0.2, 0) is 17.8 Å². The first-order valence-corrected chi connectivity index (χ1v) is 9.28. The van der Waals surface area contributed by atoms with E-state index in [9.17, 15) is 4.79 Å². The van der Waals surface area contributed by atoms with Crippen LogP contribution < -0.4 is 0 Å². The third-order valence-electron chi connectivity index (χ3n) is 5.19. The van der Waals surface area contributed by atoms with Gasteiger partial charge >= 0.3 is 0 Å². The highest BCUT2D eigenvalue weighted by Gasteiger charge is 2.33. The average molecular weight is 336 g/mol. The number of benzene rings is 1. The number of hydrogen-bond acceptors (Lipinski definition) is 3. The van der Waals surface area contributed by atoms with Crippen LogP contribution in [0.1, 0.15) is 55.4 Å². The maximum absolute atomic E-state index is 12.7. The van der Waals surface area contributed by atoms with E-state index in [4.69, 9.17) is 0 Å². The number of carbonyl (C=O) groups is 1. The summed E-state index contributed by atoms with van der Waals surface area (Å²) in [5, 5.41) is 8.87. The molecule has 1 unspecified atom stereocenters. The van der Waals surface area contributed by atoms with Crippen molar-refractivity contribution in [1.29, 1.82) is 0 Å². The Hall–Kier alpha value is -2.43. The molecule has 0 spiro atoms. The van der Waals surface area contributed by atoms with Gasteiger partial charge in [0.25, 0.3) is 0 Å². The normalized spacial score (nSPS) is 20.6. The van der Waals surface area contributed by atoms with Crippen molar-refractivity contribution in [2.75, 3.05) is 6.54 Å². The van der Waals surface area contributed by atoms with E-state index in [1.807, 2.05) is 41.3 Å². The molecule has 2 aliphatic rings. The molecule has 1 fully saturated rings. The number of fused-ring (bicyclic) bond motifs is 1. The van der Waals surface area contributed by atoms with Gasteiger partial charge in [-0.15, -0.1) is 10.2 Å². The van der Waals surface area contributed by atoms with Gasteiger partial charge in [0.05, 0.1) is 6.04 Å². The second kappa shape index (κ2) is 7.21. The van der Waals surface area contributed by atoms with E-state index in [0.717, 1.165) is 49.6 Å². The Kier molecular flexibility index (Phi) is 4.63. The molecule has 1 saturated heterocycles. The minimum Gasteiger partial charge on any atom is -0.329 e. The van der Waals surface area contributed by atoms with Crippen molar-refractivity contribution in [3.8, 4) is 0 Å². The molecule has 1 aromatic heterocycles. The monoisotopic (exact) mass is 336 g/mol. The van der Waals surface area contributed by atoms with Crippen LogP contribution in [0.3, 0.4) is 0 Å². The fourth-order valence-electron chi connectivity index (χ4n) is 3.88. The lowest BCUT2D eigenvalue weighted by Gasteiger charge is -2.23. The first kappa shape index (κ1) is 16.1. The van der Waals surface area contributed by atoms with Crippen molar-refractivity contribution in [2.24, 2.45) is 0 Å². The van der Waals surface area contributed by atoms with Gasteiger partial charge in [0, 0.05) is 25.6 Å². The molecule has 0 aliphatic carbocycles. The zero-order chi connectivity index (χ0) is 17.1. The smallest absolute Gasteiger partial charge is 0.247 e. The fraction of sp³-hybridized carbons (Fsp3) is 0.450. The molecule has 5 heteroatoms. The minimum atomic E-state index is 0.0623. The standard InChI is InChI=1S/C20H24N4O/c25-19(13-12-16-8-3-1-4-9-16)23-15-7-10-17(23)20-22-21-18-11-5-2-6-14-24(18)20/h1,3-4,8-9,12-13,17H,2,5-7,10-11,14-15H2. The summed E-state index contributed by atoms with van der Waals surface area (Å²) < 4.78 is 2.27. The number of aromatic nitrogens is 3. The van der Waals surface area contributed by atoms with Crippen molar-refractivity contribution < 1.29 is 4.79 Å². The summed E-state index contributed by atoms with van der Waals surface area (Å²) >= 11 is 0. The van der Waals surface area contributed by atoms with Gasteiger partial charge in [-0.05, 0) is 37.3 Å². The molecule has 2 aliphatic heterocycles. The number of nitrogens with zero attached hydrogens (tertiary/aromatic N) is 4. The number of likely N-dealkylation sites (tertiary alicyclic amines) is 1. The molecule has 1 amide bonds. The van der Waals surface area contributed by atoms with Gasteiger partial charge in [-0.25, -0.2) is 0 Å². The molecule has 1 aromatic carbocycles. The van der Waals surface area contributed by atoms with Crippen LogP contribution in [0.2, 0.25) is 0 Å². The summed E-state index contributed by atoms with van der Waals surface area (Å²) in [5.74, 6) is 2.14. The summed E-state index contributed by atoms with van der Waals surface area (Å²) in [6, 6.07) is 10.0. The van der Waals surface area contributed by atoms with Crippen molar-refractivity contribution in [3.05, 3.63) is 53.6 Å². The zero-order valence-electron chi connectivity index (χ0n) is 14.5. The second-order valence-electron chi connectivity index (χ2n) is 6.87. The Labute approximate surface area is 148 Å². The molecule has 2 aromatic rings. The van der Waals surface area contributed by atoms with Crippen LogP contribution in [0.15, 0.2) is 36.4 Å². The van der Waals surface area contributed by atoms with Gasteiger partial charge in [0.15, 0.2) is 5.82 Å². The Morgan fingerprint density at radius 1 is 1.04 bits per heavy atom. The quantitative estimate of drug-likeness (QED) is 0.808.